The molecule has 0 aliphatic heterocycles. The Bertz CT molecular complexity index is 505. The fraction of sp³-hybridized carbons (Fsp3) is 0.250. The highest BCUT2D eigenvalue weighted by Gasteiger charge is 2.13. The van der Waals surface area contributed by atoms with Gasteiger partial charge in [0.2, 0.25) is 0 Å². The van der Waals surface area contributed by atoms with Crippen molar-refractivity contribution >= 4 is 31.9 Å². The van der Waals surface area contributed by atoms with E-state index in [9.17, 15) is 0 Å². The molecule has 1 N–H and O–H groups in total. The normalized spacial score (nSPS) is 12.4. The van der Waals surface area contributed by atoms with Crippen LogP contribution in [0.1, 0.15) is 30.5 Å². The Labute approximate surface area is 131 Å². The molecule has 100 valence electrons. The lowest BCUT2D eigenvalue weighted by Crippen LogP contribution is -2.23. The molecule has 0 radical (unpaired) electrons. The summed E-state index contributed by atoms with van der Waals surface area (Å²) in [4.78, 5) is 0. The first-order chi connectivity index (χ1) is 9.20. The minimum atomic E-state index is 0.231. The van der Waals surface area contributed by atoms with Crippen molar-refractivity contribution in [2.75, 3.05) is 6.54 Å². The monoisotopic (exact) mass is 381 g/mol. The summed E-state index contributed by atoms with van der Waals surface area (Å²) in [5.41, 5.74) is 2.56. The average Bonchev–Trinajstić information content (AvgIpc) is 2.39. The number of nitrogens with one attached hydrogen (secondary N) is 1. The summed E-state index contributed by atoms with van der Waals surface area (Å²) >= 11 is 7.13. The van der Waals surface area contributed by atoms with Crippen molar-refractivity contribution in [2.24, 2.45) is 0 Å². The van der Waals surface area contributed by atoms with Gasteiger partial charge in [0.25, 0.3) is 0 Å². The summed E-state index contributed by atoms with van der Waals surface area (Å²) < 4.78 is 2.19. The van der Waals surface area contributed by atoms with E-state index in [0.29, 0.717) is 0 Å². The van der Waals surface area contributed by atoms with Crippen LogP contribution in [0.15, 0.2) is 57.5 Å². The lowest BCUT2D eigenvalue weighted by atomic mass is 9.99. The standard InChI is InChI=1S/C16H17Br2N/c1-2-8-19-16(12-6-4-3-5-7-12)13-9-14(17)11-15(18)10-13/h3-7,9-11,16,19H,2,8H2,1H3. The third-order valence-corrected chi connectivity index (χ3v) is 3.87. The van der Waals surface area contributed by atoms with Crippen LogP contribution in [0.3, 0.4) is 0 Å². The van der Waals surface area contributed by atoms with Gasteiger partial charge in [0.1, 0.15) is 0 Å². The maximum atomic E-state index is 3.61. The van der Waals surface area contributed by atoms with E-state index in [1.54, 1.807) is 0 Å². The van der Waals surface area contributed by atoms with Crippen molar-refractivity contribution in [2.45, 2.75) is 19.4 Å². The van der Waals surface area contributed by atoms with Crippen molar-refractivity contribution in [1.29, 1.82) is 0 Å². The van der Waals surface area contributed by atoms with Gasteiger partial charge in [-0.05, 0) is 42.3 Å². The Morgan fingerprint density at radius 2 is 1.58 bits per heavy atom. The molecule has 1 unspecified atom stereocenters. The largest absolute Gasteiger partial charge is 0.306 e. The first-order valence-electron chi connectivity index (χ1n) is 6.45. The van der Waals surface area contributed by atoms with E-state index in [1.807, 2.05) is 0 Å². The molecule has 0 spiro atoms. The fourth-order valence-corrected chi connectivity index (χ4v) is 3.43. The van der Waals surface area contributed by atoms with Crippen LogP contribution in [0.25, 0.3) is 0 Å². The minimum Gasteiger partial charge on any atom is -0.306 e. The van der Waals surface area contributed by atoms with E-state index >= 15 is 0 Å². The Balaban J connectivity index is 2.36. The zero-order chi connectivity index (χ0) is 13.7. The van der Waals surface area contributed by atoms with Crippen molar-refractivity contribution < 1.29 is 0 Å². The maximum Gasteiger partial charge on any atom is 0.0577 e. The Hall–Kier alpha value is -0.640. The molecule has 0 aromatic heterocycles. The van der Waals surface area contributed by atoms with Crippen LogP contribution in [0.5, 0.6) is 0 Å². The Morgan fingerprint density at radius 1 is 0.947 bits per heavy atom. The van der Waals surface area contributed by atoms with Crippen LogP contribution in [0.4, 0.5) is 0 Å². The van der Waals surface area contributed by atoms with Gasteiger partial charge in [-0.25, -0.2) is 0 Å². The summed E-state index contributed by atoms with van der Waals surface area (Å²) in [6, 6.07) is 17.2. The molecule has 2 aromatic rings. The summed E-state index contributed by atoms with van der Waals surface area (Å²) in [5.74, 6) is 0. The number of hydrogen-bond acceptors (Lipinski definition) is 1. The lowest BCUT2D eigenvalue weighted by Gasteiger charge is -2.20. The third kappa shape index (κ3) is 4.16. The SMILES string of the molecule is CCCNC(c1ccccc1)c1cc(Br)cc(Br)c1. The molecule has 0 heterocycles. The average molecular weight is 383 g/mol. The molecule has 2 rings (SSSR count). The van der Waals surface area contributed by atoms with Crippen LogP contribution < -0.4 is 5.32 Å². The quantitative estimate of drug-likeness (QED) is 0.739. The smallest absolute Gasteiger partial charge is 0.0577 e. The molecule has 0 saturated carbocycles. The van der Waals surface area contributed by atoms with Crippen molar-refractivity contribution in [3.05, 3.63) is 68.6 Å². The van der Waals surface area contributed by atoms with Crippen LogP contribution in [-0.2, 0) is 0 Å². The first kappa shape index (κ1) is 14.8. The summed E-state index contributed by atoms with van der Waals surface area (Å²) in [6.45, 7) is 3.19. The van der Waals surface area contributed by atoms with Gasteiger partial charge in [0, 0.05) is 8.95 Å². The number of benzene rings is 2. The second-order valence-electron chi connectivity index (χ2n) is 4.50. The van der Waals surface area contributed by atoms with Gasteiger partial charge in [-0.15, -0.1) is 0 Å². The van der Waals surface area contributed by atoms with Crippen LogP contribution in [-0.4, -0.2) is 6.54 Å². The third-order valence-electron chi connectivity index (χ3n) is 2.95. The Morgan fingerprint density at radius 3 is 2.16 bits per heavy atom. The second kappa shape index (κ2) is 7.22. The molecule has 0 fully saturated rings. The Kier molecular flexibility index (Phi) is 5.61. The predicted octanol–water partition coefficient (Wildman–Crippen LogP) is 5.30. The topological polar surface area (TPSA) is 12.0 Å². The van der Waals surface area contributed by atoms with Gasteiger partial charge < -0.3 is 5.32 Å². The van der Waals surface area contributed by atoms with E-state index in [2.05, 4.69) is 92.6 Å². The molecule has 0 amide bonds. The highest BCUT2D eigenvalue weighted by molar-refractivity contribution is 9.11. The summed E-state index contributed by atoms with van der Waals surface area (Å²) in [5, 5.41) is 3.61. The molecule has 2 aromatic carbocycles. The lowest BCUT2D eigenvalue weighted by molar-refractivity contribution is 0.598. The molecule has 19 heavy (non-hydrogen) atoms. The molecular weight excluding hydrogens is 366 g/mol. The van der Waals surface area contributed by atoms with Crippen molar-refractivity contribution in [3.8, 4) is 0 Å². The summed E-state index contributed by atoms with van der Waals surface area (Å²) in [6.07, 6.45) is 1.12. The molecule has 1 nitrogen and oxygen atoms in total. The highest BCUT2D eigenvalue weighted by atomic mass is 79.9. The van der Waals surface area contributed by atoms with Crippen LogP contribution >= 0.6 is 31.9 Å². The zero-order valence-electron chi connectivity index (χ0n) is 10.9. The molecular formula is C16H17Br2N. The molecule has 3 heteroatoms. The zero-order valence-corrected chi connectivity index (χ0v) is 14.0. The number of hydrogen-bond donors (Lipinski definition) is 1. The van der Waals surface area contributed by atoms with Gasteiger partial charge in [0.15, 0.2) is 0 Å². The van der Waals surface area contributed by atoms with Crippen molar-refractivity contribution in [1.82, 2.24) is 5.32 Å². The van der Waals surface area contributed by atoms with E-state index < -0.39 is 0 Å². The molecule has 0 aliphatic carbocycles. The second-order valence-corrected chi connectivity index (χ2v) is 6.33. The van der Waals surface area contributed by atoms with E-state index in [4.69, 9.17) is 0 Å². The van der Waals surface area contributed by atoms with Gasteiger partial charge in [-0.2, -0.15) is 0 Å². The first-order valence-corrected chi connectivity index (χ1v) is 8.03. The minimum absolute atomic E-state index is 0.231. The predicted molar refractivity (Wildman–Crippen MR) is 88.4 cm³/mol. The van der Waals surface area contributed by atoms with Gasteiger partial charge in [0.05, 0.1) is 6.04 Å². The van der Waals surface area contributed by atoms with E-state index in [1.165, 1.54) is 11.1 Å². The van der Waals surface area contributed by atoms with Crippen LogP contribution in [0.2, 0.25) is 0 Å². The highest BCUT2D eigenvalue weighted by Crippen LogP contribution is 2.28. The van der Waals surface area contributed by atoms with E-state index in [0.717, 1.165) is 21.9 Å². The molecule has 1 atom stereocenters. The molecule has 0 bridgehead atoms. The summed E-state index contributed by atoms with van der Waals surface area (Å²) in [7, 11) is 0. The van der Waals surface area contributed by atoms with Gasteiger partial charge >= 0.3 is 0 Å². The van der Waals surface area contributed by atoms with Gasteiger partial charge in [-0.1, -0.05) is 69.1 Å². The number of rotatable bonds is 5. The van der Waals surface area contributed by atoms with Crippen LogP contribution in [0, 0.1) is 0 Å². The van der Waals surface area contributed by atoms with Crippen molar-refractivity contribution in [3.63, 3.8) is 0 Å². The fourth-order valence-electron chi connectivity index (χ4n) is 2.10. The maximum absolute atomic E-state index is 3.61. The van der Waals surface area contributed by atoms with Gasteiger partial charge in [-0.3, -0.25) is 0 Å². The molecule has 0 saturated heterocycles. The van der Waals surface area contributed by atoms with E-state index in [-0.39, 0.29) is 6.04 Å². The molecule has 0 aliphatic rings. The number of halogens is 2.